The highest BCUT2D eigenvalue weighted by Gasteiger charge is 2.29. The molecule has 0 aromatic carbocycles. The van der Waals surface area contributed by atoms with Gasteiger partial charge in [-0.05, 0) is 26.7 Å². The first kappa shape index (κ1) is 13.7. The van der Waals surface area contributed by atoms with Crippen LogP contribution < -0.4 is 15.5 Å². The summed E-state index contributed by atoms with van der Waals surface area (Å²) in [5.41, 5.74) is 5.88. The van der Waals surface area contributed by atoms with Crippen molar-refractivity contribution in [2.45, 2.75) is 31.4 Å². The van der Waals surface area contributed by atoms with Crippen LogP contribution in [0, 0.1) is 0 Å². The third-order valence-corrected chi connectivity index (χ3v) is 5.02. The molecule has 1 aromatic rings. The molecular weight excluding hydrogens is 272 g/mol. The molecule has 7 heteroatoms. The van der Waals surface area contributed by atoms with E-state index in [1.54, 1.807) is 0 Å². The van der Waals surface area contributed by atoms with Crippen molar-refractivity contribution >= 4 is 29.6 Å². The van der Waals surface area contributed by atoms with Crippen LogP contribution in [-0.2, 0) is 0 Å². The molecular formula is C13H22N6S. The average Bonchev–Trinajstić information content (AvgIpc) is 2.90. The van der Waals surface area contributed by atoms with Gasteiger partial charge in [0.2, 0.25) is 17.8 Å². The number of anilines is 3. The van der Waals surface area contributed by atoms with Gasteiger partial charge in [-0.15, -0.1) is 0 Å². The summed E-state index contributed by atoms with van der Waals surface area (Å²) >= 11 is 2.00. The van der Waals surface area contributed by atoms with Crippen LogP contribution in [0.15, 0.2) is 0 Å². The maximum atomic E-state index is 5.88. The van der Waals surface area contributed by atoms with Crippen LogP contribution in [0.2, 0.25) is 0 Å². The van der Waals surface area contributed by atoms with Gasteiger partial charge in [0.1, 0.15) is 0 Å². The van der Waals surface area contributed by atoms with Crippen LogP contribution in [0.1, 0.15) is 26.7 Å². The van der Waals surface area contributed by atoms with Crippen LogP contribution in [0.3, 0.4) is 0 Å². The number of hydrogen-bond donors (Lipinski definition) is 1. The molecule has 0 unspecified atom stereocenters. The summed E-state index contributed by atoms with van der Waals surface area (Å²) in [6.07, 6.45) is 2.41. The molecule has 0 aliphatic carbocycles. The maximum Gasteiger partial charge on any atom is 0.232 e. The topological polar surface area (TPSA) is 71.2 Å². The van der Waals surface area contributed by atoms with Crippen molar-refractivity contribution in [3.63, 3.8) is 0 Å². The van der Waals surface area contributed by atoms with E-state index in [9.17, 15) is 0 Å². The Balaban J connectivity index is 1.85. The molecule has 0 radical (unpaired) electrons. The molecule has 2 aliphatic rings. The van der Waals surface area contributed by atoms with Gasteiger partial charge in [0.05, 0.1) is 0 Å². The molecule has 2 N–H and O–H groups in total. The van der Waals surface area contributed by atoms with E-state index in [0.717, 1.165) is 43.8 Å². The van der Waals surface area contributed by atoms with Crippen molar-refractivity contribution < 1.29 is 0 Å². The third kappa shape index (κ3) is 2.92. The monoisotopic (exact) mass is 294 g/mol. The molecule has 6 nitrogen and oxygen atoms in total. The number of aromatic nitrogens is 3. The van der Waals surface area contributed by atoms with E-state index in [2.05, 4.69) is 38.6 Å². The normalized spacial score (nSPS) is 22.3. The predicted molar refractivity (Wildman–Crippen MR) is 84.4 cm³/mol. The van der Waals surface area contributed by atoms with Crippen LogP contribution in [-0.4, -0.2) is 51.6 Å². The van der Waals surface area contributed by atoms with Crippen LogP contribution in [0.5, 0.6) is 0 Å². The largest absolute Gasteiger partial charge is 0.368 e. The van der Waals surface area contributed by atoms with Gasteiger partial charge >= 0.3 is 0 Å². The lowest BCUT2D eigenvalue weighted by Crippen LogP contribution is -2.44. The summed E-state index contributed by atoms with van der Waals surface area (Å²) in [5.74, 6) is 2.89. The van der Waals surface area contributed by atoms with Crippen LogP contribution >= 0.6 is 11.8 Å². The molecule has 3 heterocycles. The third-order valence-electron chi connectivity index (χ3n) is 3.73. The Hall–Kier alpha value is -1.24. The standard InChI is InChI=1S/C13H22N6S/c1-13(2)9-19(7-8-20-13)12-16-10(14)15-11(17-12)18-5-3-4-6-18/h3-9H2,1-2H3,(H2,14,15,16,17). The van der Waals surface area contributed by atoms with Gasteiger partial charge < -0.3 is 15.5 Å². The highest BCUT2D eigenvalue weighted by molar-refractivity contribution is 8.00. The van der Waals surface area contributed by atoms with Crippen LogP contribution in [0.25, 0.3) is 0 Å². The Morgan fingerprint density at radius 2 is 1.65 bits per heavy atom. The van der Waals surface area contributed by atoms with E-state index in [4.69, 9.17) is 5.73 Å². The van der Waals surface area contributed by atoms with Crippen molar-refractivity contribution in [1.29, 1.82) is 0 Å². The Morgan fingerprint density at radius 1 is 1.00 bits per heavy atom. The lowest BCUT2D eigenvalue weighted by atomic mass is 10.2. The minimum absolute atomic E-state index is 0.230. The summed E-state index contributed by atoms with van der Waals surface area (Å²) < 4.78 is 0.230. The molecule has 0 saturated carbocycles. The zero-order chi connectivity index (χ0) is 14.2. The molecule has 2 aliphatic heterocycles. The molecule has 2 fully saturated rings. The average molecular weight is 294 g/mol. The summed E-state index contributed by atoms with van der Waals surface area (Å²) in [6.45, 7) is 8.47. The van der Waals surface area contributed by atoms with E-state index in [1.807, 2.05) is 11.8 Å². The number of rotatable bonds is 2. The smallest absolute Gasteiger partial charge is 0.232 e. The second-order valence-corrected chi connectivity index (χ2v) is 7.82. The maximum absolute atomic E-state index is 5.88. The number of thioether (sulfide) groups is 1. The lowest BCUT2D eigenvalue weighted by Gasteiger charge is -2.37. The molecule has 3 rings (SSSR count). The molecule has 110 valence electrons. The van der Waals surface area contributed by atoms with Gasteiger partial charge in [0, 0.05) is 36.7 Å². The fourth-order valence-electron chi connectivity index (χ4n) is 2.76. The highest BCUT2D eigenvalue weighted by atomic mass is 32.2. The minimum Gasteiger partial charge on any atom is -0.368 e. The first-order valence-electron chi connectivity index (χ1n) is 7.19. The molecule has 2 saturated heterocycles. The van der Waals surface area contributed by atoms with Crippen molar-refractivity contribution in [1.82, 2.24) is 15.0 Å². The minimum atomic E-state index is 0.230. The molecule has 20 heavy (non-hydrogen) atoms. The van der Waals surface area contributed by atoms with Gasteiger partial charge in [0.15, 0.2) is 0 Å². The Morgan fingerprint density at radius 3 is 2.30 bits per heavy atom. The Kier molecular flexibility index (Phi) is 3.62. The van der Waals surface area contributed by atoms with Gasteiger partial charge in [0.25, 0.3) is 0 Å². The van der Waals surface area contributed by atoms with Gasteiger partial charge in [-0.2, -0.15) is 26.7 Å². The van der Waals surface area contributed by atoms with Crippen molar-refractivity contribution in [2.75, 3.05) is 47.5 Å². The fourth-order valence-corrected chi connectivity index (χ4v) is 3.87. The van der Waals surface area contributed by atoms with E-state index >= 15 is 0 Å². The van der Waals surface area contributed by atoms with Gasteiger partial charge in [-0.3, -0.25) is 0 Å². The second-order valence-electron chi connectivity index (χ2n) is 6.02. The summed E-state index contributed by atoms with van der Waals surface area (Å²) in [6, 6.07) is 0. The summed E-state index contributed by atoms with van der Waals surface area (Å²) in [4.78, 5) is 17.7. The van der Waals surface area contributed by atoms with Crippen LogP contribution in [0.4, 0.5) is 17.8 Å². The van der Waals surface area contributed by atoms with Crippen molar-refractivity contribution in [3.8, 4) is 0 Å². The number of nitrogen functional groups attached to an aromatic ring is 1. The highest BCUT2D eigenvalue weighted by Crippen LogP contribution is 2.31. The van der Waals surface area contributed by atoms with Gasteiger partial charge in [-0.1, -0.05) is 0 Å². The Bertz CT molecular complexity index is 486. The lowest BCUT2D eigenvalue weighted by molar-refractivity contribution is 0.634. The van der Waals surface area contributed by atoms with E-state index < -0.39 is 0 Å². The molecule has 1 aromatic heterocycles. The Labute approximate surface area is 124 Å². The summed E-state index contributed by atoms with van der Waals surface area (Å²) in [5, 5.41) is 0. The van der Waals surface area contributed by atoms with E-state index in [1.165, 1.54) is 12.8 Å². The fraction of sp³-hybridized carbons (Fsp3) is 0.769. The van der Waals surface area contributed by atoms with Crippen molar-refractivity contribution in [3.05, 3.63) is 0 Å². The molecule has 0 spiro atoms. The first-order valence-corrected chi connectivity index (χ1v) is 8.17. The zero-order valence-electron chi connectivity index (χ0n) is 12.2. The second kappa shape index (κ2) is 5.27. The molecule has 0 bridgehead atoms. The van der Waals surface area contributed by atoms with Crippen molar-refractivity contribution in [2.24, 2.45) is 0 Å². The molecule has 0 atom stereocenters. The quantitative estimate of drug-likeness (QED) is 0.883. The predicted octanol–water partition coefficient (Wildman–Crippen LogP) is 1.39. The summed E-state index contributed by atoms with van der Waals surface area (Å²) in [7, 11) is 0. The van der Waals surface area contributed by atoms with E-state index in [-0.39, 0.29) is 4.75 Å². The first-order chi connectivity index (χ1) is 9.53. The zero-order valence-corrected chi connectivity index (χ0v) is 13.0. The molecule has 0 amide bonds. The van der Waals surface area contributed by atoms with E-state index in [0.29, 0.717) is 5.95 Å². The van der Waals surface area contributed by atoms with Gasteiger partial charge in [-0.25, -0.2) is 0 Å². The number of nitrogens with two attached hydrogens (primary N) is 1. The number of nitrogens with zero attached hydrogens (tertiary/aromatic N) is 5. The SMILES string of the molecule is CC1(C)CN(c2nc(N)nc(N3CCCC3)n2)CCS1. The number of hydrogen-bond acceptors (Lipinski definition) is 7.